The average Bonchev–Trinajstić information content (AvgIpc) is 3.21. The van der Waals surface area contributed by atoms with Crippen LogP contribution in [0.1, 0.15) is 12.8 Å². The SMILES string of the molecule is CNS(=O)(=O)c1ccc(NC(=O)CNC2CC2)cc1. The molecule has 0 saturated heterocycles. The Kier molecular flexibility index (Phi) is 4.18. The molecule has 0 bridgehead atoms. The largest absolute Gasteiger partial charge is 0.325 e. The normalized spacial score (nSPS) is 15.2. The quantitative estimate of drug-likeness (QED) is 0.700. The lowest BCUT2D eigenvalue weighted by atomic mass is 10.3. The Morgan fingerprint density at radius 2 is 1.89 bits per heavy atom. The highest BCUT2D eigenvalue weighted by Gasteiger charge is 2.21. The van der Waals surface area contributed by atoms with Crippen molar-refractivity contribution in [2.45, 2.75) is 23.8 Å². The van der Waals surface area contributed by atoms with E-state index in [0.29, 0.717) is 11.7 Å². The van der Waals surface area contributed by atoms with Gasteiger partial charge in [0, 0.05) is 11.7 Å². The van der Waals surface area contributed by atoms with E-state index in [0.717, 1.165) is 12.8 Å². The van der Waals surface area contributed by atoms with Crippen molar-refractivity contribution in [1.29, 1.82) is 0 Å². The van der Waals surface area contributed by atoms with Crippen molar-refractivity contribution in [1.82, 2.24) is 10.0 Å². The van der Waals surface area contributed by atoms with Gasteiger partial charge in [0.2, 0.25) is 15.9 Å². The van der Waals surface area contributed by atoms with Crippen LogP contribution in [0, 0.1) is 0 Å². The Hall–Kier alpha value is -1.44. The molecule has 0 unspecified atom stereocenters. The summed E-state index contributed by atoms with van der Waals surface area (Å²) < 4.78 is 25.3. The maximum atomic E-state index is 11.6. The number of benzene rings is 1. The van der Waals surface area contributed by atoms with Gasteiger partial charge in [0.15, 0.2) is 0 Å². The average molecular weight is 283 g/mol. The van der Waals surface area contributed by atoms with Gasteiger partial charge in [-0.15, -0.1) is 0 Å². The molecule has 0 aliphatic heterocycles. The highest BCUT2D eigenvalue weighted by atomic mass is 32.2. The third-order valence-electron chi connectivity index (χ3n) is 2.85. The van der Waals surface area contributed by atoms with Gasteiger partial charge < -0.3 is 10.6 Å². The summed E-state index contributed by atoms with van der Waals surface area (Å²) in [6.45, 7) is 0.279. The minimum Gasteiger partial charge on any atom is -0.325 e. The fourth-order valence-electron chi connectivity index (χ4n) is 1.56. The smallest absolute Gasteiger partial charge is 0.240 e. The molecular weight excluding hydrogens is 266 g/mol. The summed E-state index contributed by atoms with van der Waals surface area (Å²) in [4.78, 5) is 11.7. The monoisotopic (exact) mass is 283 g/mol. The van der Waals surface area contributed by atoms with Crippen molar-refractivity contribution in [2.24, 2.45) is 0 Å². The van der Waals surface area contributed by atoms with Gasteiger partial charge in [-0.1, -0.05) is 0 Å². The lowest BCUT2D eigenvalue weighted by Gasteiger charge is -2.07. The van der Waals surface area contributed by atoms with Crippen LogP contribution < -0.4 is 15.4 Å². The van der Waals surface area contributed by atoms with Gasteiger partial charge in [0.25, 0.3) is 0 Å². The number of rotatable bonds is 6. The fraction of sp³-hybridized carbons (Fsp3) is 0.417. The lowest BCUT2D eigenvalue weighted by molar-refractivity contribution is -0.115. The molecule has 0 heterocycles. The third kappa shape index (κ3) is 4.02. The van der Waals surface area contributed by atoms with Crippen LogP contribution in [-0.4, -0.2) is 34.0 Å². The predicted octanol–water partition coefficient (Wildman–Crippen LogP) is 0.285. The van der Waals surface area contributed by atoms with Crippen LogP contribution >= 0.6 is 0 Å². The number of amides is 1. The van der Waals surface area contributed by atoms with Crippen LogP contribution in [0.25, 0.3) is 0 Å². The highest BCUT2D eigenvalue weighted by molar-refractivity contribution is 7.89. The Morgan fingerprint density at radius 1 is 1.26 bits per heavy atom. The Morgan fingerprint density at radius 3 is 2.42 bits per heavy atom. The third-order valence-corrected chi connectivity index (χ3v) is 4.28. The van der Waals surface area contributed by atoms with E-state index < -0.39 is 10.0 Å². The molecule has 0 spiro atoms. The summed E-state index contributed by atoms with van der Waals surface area (Å²) >= 11 is 0. The molecule has 7 heteroatoms. The molecule has 1 saturated carbocycles. The van der Waals surface area contributed by atoms with Crippen molar-refractivity contribution in [3.05, 3.63) is 24.3 Å². The van der Waals surface area contributed by atoms with Crippen LogP contribution in [-0.2, 0) is 14.8 Å². The number of sulfonamides is 1. The molecular formula is C12H17N3O3S. The van der Waals surface area contributed by atoms with E-state index in [4.69, 9.17) is 0 Å². The molecule has 6 nitrogen and oxygen atoms in total. The van der Waals surface area contributed by atoms with Crippen LogP contribution in [0.4, 0.5) is 5.69 Å². The molecule has 1 aliphatic rings. The van der Waals surface area contributed by atoms with E-state index in [2.05, 4.69) is 15.4 Å². The lowest BCUT2D eigenvalue weighted by Crippen LogP contribution is -2.29. The number of carbonyl (C=O) groups excluding carboxylic acids is 1. The molecule has 1 aromatic rings. The van der Waals surface area contributed by atoms with Gasteiger partial charge in [-0.3, -0.25) is 4.79 Å². The van der Waals surface area contributed by atoms with Gasteiger partial charge in [-0.25, -0.2) is 13.1 Å². The molecule has 2 rings (SSSR count). The topological polar surface area (TPSA) is 87.3 Å². The zero-order chi connectivity index (χ0) is 13.9. The first kappa shape index (κ1) is 14.0. The molecule has 1 fully saturated rings. The van der Waals surface area contributed by atoms with Gasteiger partial charge >= 0.3 is 0 Å². The molecule has 1 amide bonds. The maximum absolute atomic E-state index is 11.6. The first-order valence-corrected chi connectivity index (χ1v) is 7.56. The van der Waals surface area contributed by atoms with Gasteiger partial charge in [-0.05, 0) is 44.2 Å². The molecule has 0 aromatic heterocycles. The molecule has 1 aromatic carbocycles. The number of hydrogen-bond acceptors (Lipinski definition) is 4. The van der Waals surface area contributed by atoms with Crippen molar-refractivity contribution >= 4 is 21.6 Å². The molecule has 104 valence electrons. The first-order chi connectivity index (χ1) is 9.01. The zero-order valence-corrected chi connectivity index (χ0v) is 11.5. The zero-order valence-electron chi connectivity index (χ0n) is 10.6. The van der Waals surface area contributed by atoms with Crippen molar-refractivity contribution in [2.75, 3.05) is 18.9 Å². The summed E-state index contributed by atoms with van der Waals surface area (Å²) in [5.41, 5.74) is 0.581. The first-order valence-electron chi connectivity index (χ1n) is 6.08. The van der Waals surface area contributed by atoms with Crippen LogP contribution in [0.15, 0.2) is 29.2 Å². The minimum absolute atomic E-state index is 0.129. The standard InChI is InChI=1S/C12H17N3O3S/c1-13-19(17,18)11-6-4-10(5-7-11)15-12(16)8-14-9-2-3-9/h4-7,9,13-14H,2-3,8H2,1H3,(H,15,16). The van der Waals surface area contributed by atoms with Crippen molar-refractivity contribution in [3.63, 3.8) is 0 Å². The summed E-state index contributed by atoms with van der Waals surface area (Å²) in [6.07, 6.45) is 2.26. The van der Waals surface area contributed by atoms with E-state index in [9.17, 15) is 13.2 Å². The van der Waals surface area contributed by atoms with E-state index in [-0.39, 0.29) is 17.3 Å². The second-order valence-electron chi connectivity index (χ2n) is 4.44. The Balaban J connectivity index is 1.92. The number of hydrogen-bond donors (Lipinski definition) is 3. The van der Waals surface area contributed by atoms with E-state index in [1.807, 2.05) is 0 Å². The Bertz CT molecular complexity index is 550. The van der Waals surface area contributed by atoms with E-state index in [1.165, 1.54) is 19.2 Å². The molecule has 19 heavy (non-hydrogen) atoms. The predicted molar refractivity (Wildman–Crippen MR) is 72.3 cm³/mol. The van der Waals surface area contributed by atoms with Gasteiger partial charge in [0.05, 0.1) is 11.4 Å². The molecule has 3 N–H and O–H groups in total. The van der Waals surface area contributed by atoms with Gasteiger partial charge in [-0.2, -0.15) is 0 Å². The molecule has 1 aliphatic carbocycles. The molecule has 0 atom stereocenters. The summed E-state index contributed by atoms with van der Waals surface area (Å²) in [6, 6.07) is 6.53. The van der Waals surface area contributed by atoms with Crippen LogP contribution in [0.5, 0.6) is 0 Å². The Labute approximate surface area is 112 Å². The van der Waals surface area contributed by atoms with Crippen molar-refractivity contribution < 1.29 is 13.2 Å². The number of anilines is 1. The maximum Gasteiger partial charge on any atom is 0.240 e. The van der Waals surface area contributed by atoms with Crippen molar-refractivity contribution in [3.8, 4) is 0 Å². The summed E-state index contributed by atoms with van der Waals surface area (Å²) in [7, 11) is -2.08. The second kappa shape index (κ2) is 5.68. The fourth-order valence-corrected chi connectivity index (χ4v) is 2.30. The molecule has 0 radical (unpaired) electrons. The second-order valence-corrected chi connectivity index (χ2v) is 6.32. The van der Waals surface area contributed by atoms with Crippen LogP contribution in [0.3, 0.4) is 0 Å². The summed E-state index contributed by atoms with van der Waals surface area (Å²) in [5.74, 6) is -0.129. The highest BCUT2D eigenvalue weighted by Crippen LogP contribution is 2.18. The summed E-state index contributed by atoms with van der Waals surface area (Å²) in [5, 5.41) is 5.81. The van der Waals surface area contributed by atoms with E-state index in [1.54, 1.807) is 12.1 Å². The van der Waals surface area contributed by atoms with Gasteiger partial charge in [0.1, 0.15) is 0 Å². The number of carbonyl (C=O) groups is 1. The van der Waals surface area contributed by atoms with E-state index >= 15 is 0 Å². The minimum atomic E-state index is -3.43. The number of nitrogens with one attached hydrogen (secondary N) is 3. The van der Waals surface area contributed by atoms with Crippen LogP contribution in [0.2, 0.25) is 0 Å².